The quantitative estimate of drug-likeness (QED) is 0.247. The Morgan fingerprint density at radius 1 is 1.13 bits per heavy atom. The van der Waals surface area contributed by atoms with Gasteiger partial charge in [-0.25, -0.2) is 22.9 Å². The van der Waals surface area contributed by atoms with Crippen molar-refractivity contribution in [1.29, 1.82) is 0 Å². The average molecular weight is 742 g/mol. The summed E-state index contributed by atoms with van der Waals surface area (Å²) in [6.07, 6.45) is 1.59. The minimum atomic E-state index is -3.32. The summed E-state index contributed by atoms with van der Waals surface area (Å²) in [6.45, 7) is 6.26. The molecular weight excluding hydrogens is 699 g/mol. The maximum atomic E-state index is 16.1. The van der Waals surface area contributed by atoms with Gasteiger partial charge in [-0.15, -0.1) is 11.3 Å². The first kappa shape index (κ1) is 37.6. The maximum absolute atomic E-state index is 16.1. The van der Waals surface area contributed by atoms with E-state index in [-0.39, 0.29) is 43.2 Å². The number of benzene rings is 2. The molecule has 15 heteroatoms. The third kappa shape index (κ3) is 7.24. The van der Waals surface area contributed by atoms with Crippen LogP contribution in [-0.2, 0) is 30.5 Å². The number of carbonyl (C=O) groups excluding carboxylic acids is 2. The third-order valence-corrected chi connectivity index (χ3v) is 10.9. The summed E-state index contributed by atoms with van der Waals surface area (Å²) < 4.78 is 57.9. The summed E-state index contributed by atoms with van der Waals surface area (Å²) >= 11 is 1.29. The number of halogens is 3. The van der Waals surface area contributed by atoms with Gasteiger partial charge in [-0.1, -0.05) is 42.5 Å². The Morgan fingerprint density at radius 2 is 1.88 bits per heavy atom. The number of carbonyl (C=O) groups is 2. The first-order valence-electron chi connectivity index (χ1n) is 17.0. The zero-order valence-corrected chi connectivity index (χ0v) is 30.4. The lowest BCUT2D eigenvalue weighted by Gasteiger charge is -2.41. The van der Waals surface area contributed by atoms with Crippen LogP contribution in [-0.4, -0.2) is 94.3 Å². The van der Waals surface area contributed by atoms with Gasteiger partial charge in [0.05, 0.1) is 48.9 Å². The number of β-amino-alcohol motifs (C(OH)–C–C–N with tert-alkyl or cyclic N) is 1. The van der Waals surface area contributed by atoms with Crippen LogP contribution in [0.1, 0.15) is 55.4 Å². The number of hydrogen-bond acceptors (Lipinski definition) is 12. The van der Waals surface area contributed by atoms with E-state index >= 15 is 8.78 Å². The van der Waals surface area contributed by atoms with E-state index in [9.17, 15) is 19.1 Å². The predicted molar refractivity (Wildman–Crippen MR) is 187 cm³/mol. The fourth-order valence-corrected chi connectivity index (χ4v) is 7.31. The lowest BCUT2D eigenvalue weighted by Crippen LogP contribution is -2.57. The zero-order valence-electron chi connectivity index (χ0n) is 29.6. The Bertz CT molecular complexity index is 1850. The normalized spacial score (nSPS) is 23.1. The van der Waals surface area contributed by atoms with Gasteiger partial charge in [0.1, 0.15) is 24.5 Å². The number of likely N-dealkylation sites (tertiary alicyclic amines) is 1. The molecule has 0 amide bonds. The fourth-order valence-electron chi connectivity index (χ4n) is 6.72. The fraction of sp³-hybridized carbons (Fsp3) is 0.459. The van der Waals surface area contributed by atoms with Crippen LogP contribution < -0.4 is 5.32 Å². The molecule has 3 aliphatic rings. The van der Waals surface area contributed by atoms with Crippen LogP contribution in [0.15, 0.2) is 76.4 Å². The van der Waals surface area contributed by atoms with Gasteiger partial charge in [0.15, 0.2) is 10.8 Å². The van der Waals surface area contributed by atoms with Gasteiger partial charge in [0.25, 0.3) is 5.92 Å². The van der Waals surface area contributed by atoms with Gasteiger partial charge < -0.3 is 19.9 Å². The topological polar surface area (TPSA) is 126 Å². The van der Waals surface area contributed by atoms with E-state index < -0.39 is 65.9 Å². The molecule has 52 heavy (non-hydrogen) atoms. The number of alkyl halides is 2. The molecular formula is C37H42F3N5O6S. The van der Waals surface area contributed by atoms with Crippen molar-refractivity contribution in [1.82, 2.24) is 20.3 Å². The van der Waals surface area contributed by atoms with Crippen LogP contribution in [0.2, 0.25) is 0 Å². The number of amidine groups is 1. The van der Waals surface area contributed by atoms with Crippen molar-refractivity contribution in [2.24, 2.45) is 10.4 Å². The second-order valence-corrected chi connectivity index (χ2v) is 14.8. The van der Waals surface area contributed by atoms with E-state index in [1.807, 2.05) is 18.2 Å². The number of hydrogen-bond donors (Lipinski definition) is 2. The third-order valence-electron chi connectivity index (χ3n) is 10.2. The summed E-state index contributed by atoms with van der Waals surface area (Å²) in [7, 11) is 0. The van der Waals surface area contributed by atoms with E-state index in [0.717, 1.165) is 10.6 Å². The smallest absolute Gasteiger partial charge is 0.338 e. The van der Waals surface area contributed by atoms with Gasteiger partial charge in [-0.05, 0) is 57.4 Å². The summed E-state index contributed by atoms with van der Waals surface area (Å²) in [4.78, 5) is 43.3. The van der Waals surface area contributed by atoms with E-state index in [0.29, 0.717) is 16.4 Å². The van der Waals surface area contributed by atoms with E-state index in [4.69, 9.17) is 19.3 Å². The number of nitrogens with zero attached hydrogens (tertiary/aromatic N) is 4. The number of esters is 2. The number of aromatic nitrogens is 1. The van der Waals surface area contributed by atoms with E-state index in [1.165, 1.54) is 49.1 Å². The first-order chi connectivity index (χ1) is 24.6. The highest BCUT2D eigenvalue weighted by molar-refractivity contribution is 7.11. The molecule has 0 unspecified atom stereocenters. The van der Waals surface area contributed by atoms with Gasteiger partial charge in [0, 0.05) is 23.8 Å². The van der Waals surface area contributed by atoms with Crippen LogP contribution in [0.5, 0.6) is 0 Å². The first-order valence-corrected chi connectivity index (χ1v) is 17.9. The summed E-state index contributed by atoms with van der Waals surface area (Å²) in [5.41, 5.74) is -1.56. The van der Waals surface area contributed by atoms with Gasteiger partial charge in [-0.2, -0.15) is 5.06 Å². The van der Waals surface area contributed by atoms with Crippen LogP contribution in [0.25, 0.3) is 0 Å². The van der Waals surface area contributed by atoms with Crippen molar-refractivity contribution in [3.05, 3.63) is 98.9 Å². The molecule has 0 spiro atoms. The molecule has 2 fully saturated rings. The Kier molecular flexibility index (Phi) is 10.6. The lowest BCUT2D eigenvalue weighted by molar-refractivity contribution is -0.222. The van der Waals surface area contributed by atoms with Gasteiger partial charge >= 0.3 is 11.9 Å². The number of ether oxygens (including phenoxy) is 2. The molecule has 0 saturated carbocycles. The molecule has 2 N–H and O–H groups in total. The Balaban J connectivity index is 1.27. The number of rotatable bonds is 12. The number of hydroxylamine groups is 2. The van der Waals surface area contributed by atoms with Gasteiger partial charge in [-0.3, -0.25) is 19.5 Å². The van der Waals surface area contributed by atoms with Crippen molar-refractivity contribution in [3.63, 3.8) is 0 Å². The largest absolute Gasteiger partial charge is 0.463 e. The molecule has 2 aromatic carbocycles. The molecule has 0 bridgehead atoms. The Morgan fingerprint density at radius 3 is 2.58 bits per heavy atom. The average Bonchev–Trinajstić information content (AvgIpc) is 3.84. The molecule has 3 aliphatic heterocycles. The second kappa shape index (κ2) is 14.7. The van der Waals surface area contributed by atoms with Crippen LogP contribution in [0.4, 0.5) is 13.2 Å². The number of aliphatic hydroxyl groups is 1. The minimum absolute atomic E-state index is 0.0105. The highest BCUT2D eigenvalue weighted by Gasteiger charge is 2.62. The van der Waals surface area contributed by atoms with Crippen LogP contribution in [0.3, 0.4) is 0 Å². The van der Waals surface area contributed by atoms with Crippen LogP contribution in [0, 0.1) is 18.2 Å². The maximum Gasteiger partial charge on any atom is 0.338 e. The number of nitrogens with one attached hydrogen (secondary N) is 1. The number of thiazole rings is 1. The SMILES string of the molecule is CCOC(=O)C1=C(CN2CC(F)(F)[C@H]3[C@@H]2CON3C[C@@](C)(O)C(C)(C)C(=O)OCc2ccccc2)NC(c2nccs2)=N[C@H]1c1cccc(F)c1C. The summed E-state index contributed by atoms with van der Waals surface area (Å²) in [5, 5.41) is 18.1. The number of fused-ring (bicyclic) bond motifs is 1. The molecule has 1 aromatic heterocycles. The van der Waals surface area contributed by atoms with Crippen LogP contribution >= 0.6 is 11.3 Å². The molecule has 2 saturated heterocycles. The molecule has 0 aliphatic carbocycles. The summed E-state index contributed by atoms with van der Waals surface area (Å²) in [5.74, 6) is -4.92. The zero-order chi connectivity index (χ0) is 37.4. The Hall–Kier alpha value is -4.15. The lowest BCUT2D eigenvalue weighted by atomic mass is 9.75. The molecule has 278 valence electrons. The molecule has 4 heterocycles. The van der Waals surface area contributed by atoms with Crippen molar-refractivity contribution < 1.29 is 42.2 Å². The Labute approximate surface area is 304 Å². The highest BCUT2D eigenvalue weighted by Crippen LogP contribution is 2.44. The molecule has 4 atom stereocenters. The van der Waals surface area contributed by atoms with E-state index in [1.54, 1.807) is 43.6 Å². The second-order valence-electron chi connectivity index (χ2n) is 13.9. The standard InChI is InChI=1S/C37H42F3N5O6S/c1-6-49-33(46)28-26(42-31(32-41-15-16-52-32)43-29(28)24-13-10-14-25(38)22(24)2)17-44-21-37(39,40)30-27(44)19-51-45(30)20-36(5,48)35(3,4)34(47)50-18-23-11-8-7-9-12-23/h7-16,27,29-30,48H,6,17-21H2,1-5H3,(H,42,43)/t27-,29-,30+,36+/m0/s1. The molecule has 3 aromatic rings. The summed E-state index contributed by atoms with van der Waals surface area (Å²) in [6, 6.07) is 10.2. The molecule has 11 nitrogen and oxygen atoms in total. The van der Waals surface area contributed by atoms with Crippen molar-refractivity contribution in [2.75, 3.05) is 32.8 Å². The highest BCUT2D eigenvalue weighted by atomic mass is 32.1. The minimum Gasteiger partial charge on any atom is -0.463 e. The molecule has 0 radical (unpaired) electrons. The number of aliphatic imine (C=N–C) groups is 1. The van der Waals surface area contributed by atoms with Crippen molar-refractivity contribution in [2.45, 2.75) is 70.9 Å². The van der Waals surface area contributed by atoms with Gasteiger partial charge in [0.2, 0.25) is 0 Å². The van der Waals surface area contributed by atoms with Crippen molar-refractivity contribution in [3.8, 4) is 0 Å². The van der Waals surface area contributed by atoms with E-state index in [2.05, 4.69) is 10.3 Å². The molecule has 6 rings (SSSR count). The monoisotopic (exact) mass is 741 g/mol. The van der Waals surface area contributed by atoms with Crippen molar-refractivity contribution >= 4 is 29.1 Å². The predicted octanol–water partition coefficient (Wildman–Crippen LogP) is 4.95.